The number of aromatic nitrogens is 4. The van der Waals surface area contributed by atoms with Gasteiger partial charge in [-0.05, 0) is 62.1 Å². The Hall–Kier alpha value is -4.03. The highest BCUT2D eigenvalue weighted by atomic mass is 19.4. The maximum atomic E-state index is 14.8. The summed E-state index contributed by atoms with van der Waals surface area (Å²) in [7, 11) is 1.27. The first-order chi connectivity index (χ1) is 18.3. The summed E-state index contributed by atoms with van der Waals surface area (Å²) < 4.78 is 53.9. The standard InChI is InChI=1S/C26H31F4N7O2/c1-15(2)37-14-32-35-23(37)21-7-6-8-22(33-21)34-24(38)19-12-18(16(3)11-20(19)27)17(4)13-31-25(39)36(5)10-9-26(28,29)30/h6-8,11-12,14-15,17H,9-10,13H2,1-5H3,(H,31,39)(H,33,34,38). The average Bonchev–Trinajstić information content (AvgIpc) is 3.36. The zero-order chi connectivity index (χ0) is 28.9. The highest BCUT2D eigenvalue weighted by Gasteiger charge is 2.28. The van der Waals surface area contributed by atoms with Gasteiger partial charge in [-0.2, -0.15) is 13.2 Å². The van der Waals surface area contributed by atoms with Gasteiger partial charge in [0.05, 0.1) is 12.0 Å². The van der Waals surface area contributed by atoms with E-state index < -0.39 is 36.9 Å². The van der Waals surface area contributed by atoms with Gasteiger partial charge in [0.2, 0.25) is 0 Å². The van der Waals surface area contributed by atoms with E-state index in [9.17, 15) is 27.2 Å². The van der Waals surface area contributed by atoms with Crippen LogP contribution in [0.25, 0.3) is 11.5 Å². The Bertz CT molecular complexity index is 1320. The van der Waals surface area contributed by atoms with Gasteiger partial charge in [0.25, 0.3) is 5.91 Å². The van der Waals surface area contributed by atoms with Gasteiger partial charge >= 0.3 is 12.2 Å². The molecule has 0 bridgehead atoms. The van der Waals surface area contributed by atoms with Crippen LogP contribution in [0, 0.1) is 12.7 Å². The number of amides is 3. The number of pyridine rings is 1. The predicted octanol–water partition coefficient (Wildman–Crippen LogP) is 5.32. The molecule has 0 fully saturated rings. The van der Waals surface area contributed by atoms with E-state index >= 15 is 0 Å². The second-order valence-corrected chi connectivity index (χ2v) is 9.58. The van der Waals surface area contributed by atoms with Gasteiger partial charge in [-0.15, -0.1) is 10.2 Å². The SMILES string of the molecule is Cc1cc(F)c(C(=O)Nc2cccc(-c3nncn3C(C)C)n2)cc1C(C)CNC(=O)N(C)CCC(F)(F)F. The lowest BCUT2D eigenvalue weighted by molar-refractivity contribution is -0.136. The molecule has 0 aliphatic heterocycles. The zero-order valence-corrected chi connectivity index (χ0v) is 22.3. The molecule has 0 aliphatic carbocycles. The first-order valence-electron chi connectivity index (χ1n) is 12.3. The molecule has 2 aromatic heterocycles. The van der Waals surface area contributed by atoms with Crippen molar-refractivity contribution < 1.29 is 27.2 Å². The van der Waals surface area contributed by atoms with Crippen molar-refractivity contribution in [1.29, 1.82) is 0 Å². The highest BCUT2D eigenvalue weighted by molar-refractivity contribution is 6.04. The van der Waals surface area contributed by atoms with Crippen molar-refractivity contribution in [1.82, 2.24) is 30.0 Å². The minimum Gasteiger partial charge on any atom is -0.337 e. The molecule has 0 radical (unpaired) electrons. The third kappa shape index (κ3) is 7.74. The van der Waals surface area contributed by atoms with E-state index in [0.29, 0.717) is 22.6 Å². The van der Waals surface area contributed by atoms with Gasteiger partial charge in [0.1, 0.15) is 23.7 Å². The topological polar surface area (TPSA) is 105 Å². The minimum absolute atomic E-state index is 0.0723. The number of hydrogen-bond acceptors (Lipinski definition) is 5. The van der Waals surface area contributed by atoms with E-state index in [-0.39, 0.29) is 29.9 Å². The number of carbonyl (C=O) groups is 2. The Balaban J connectivity index is 1.72. The Morgan fingerprint density at radius 2 is 1.87 bits per heavy atom. The van der Waals surface area contributed by atoms with E-state index in [1.54, 1.807) is 38.4 Å². The van der Waals surface area contributed by atoms with Crippen LogP contribution in [0.2, 0.25) is 0 Å². The van der Waals surface area contributed by atoms with Gasteiger partial charge in [-0.3, -0.25) is 4.79 Å². The van der Waals surface area contributed by atoms with E-state index in [1.165, 1.54) is 19.2 Å². The number of alkyl halides is 3. The number of nitrogens with zero attached hydrogens (tertiary/aromatic N) is 5. The van der Waals surface area contributed by atoms with E-state index in [4.69, 9.17) is 0 Å². The van der Waals surface area contributed by atoms with E-state index in [1.807, 2.05) is 18.4 Å². The second-order valence-electron chi connectivity index (χ2n) is 9.58. The summed E-state index contributed by atoms with van der Waals surface area (Å²) in [5.41, 5.74) is 1.43. The third-order valence-corrected chi connectivity index (χ3v) is 6.12. The van der Waals surface area contributed by atoms with Crippen LogP contribution in [0.3, 0.4) is 0 Å². The van der Waals surface area contributed by atoms with E-state index in [0.717, 1.165) is 4.90 Å². The molecular weight excluding hydrogens is 518 g/mol. The monoisotopic (exact) mass is 549 g/mol. The summed E-state index contributed by atoms with van der Waals surface area (Å²) in [5, 5.41) is 13.2. The summed E-state index contributed by atoms with van der Waals surface area (Å²) in [5.74, 6) is -1.09. The molecule has 1 aromatic carbocycles. The number of nitrogens with one attached hydrogen (secondary N) is 2. The number of carbonyl (C=O) groups excluding carboxylic acids is 2. The highest BCUT2D eigenvalue weighted by Crippen LogP contribution is 2.25. The van der Waals surface area contributed by atoms with Crippen LogP contribution in [-0.4, -0.2) is 62.9 Å². The van der Waals surface area contributed by atoms with Gasteiger partial charge < -0.3 is 20.1 Å². The van der Waals surface area contributed by atoms with Gasteiger partial charge in [0, 0.05) is 26.2 Å². The Morgan fingerprint density at radius 3 is 2.54 bits per heavy atom. The van der Waals surface area contributed by atoms with Crippen molar-refractivity contribution >= 4 is 17.8 Å². The largest absolute Gasteiger partial charge is 0.390 e. The van der Waals surface area contributed by atoms with Crippen molar-refractivity contribution in [2.45, 2.75) is 52.3 Å². The van der Waals surface area contributed by atoms with Gasteiger partial charge in [-0.1, -0.05) is 13.0 Å². The molecule has 39 heavy (non-hydrogen) atoms. The molecule has 3 amide bonds. The molecule has 1 atom stereocenters. The molecule has 9 nitrogen and oxygen atoms in total. The lowest BCUT2D eigenvalue weighted by Crippen LogP contribution is -2.40. The normalized spacial score (nSPS) is 12.4. The summed E-state index contributed by atoms with van der Waals surface area (Å²) in [6.07, 6.45) is -3.90. The van der Waals surface area contributed by atoms with Crippen LogP contribution < -0.4 is 10.6 Å². The molecule has 0 spiro atoms. The molecule has 2 N–H and O–H groups in total. The van der Waals surface area contributed by atoms with Crippen LogP contribution in [0.1, 0.15) is 60.6 Å². The van der Waals surface area contributed by atoms with Crippen molar-refractivity contribution in [3.05, 3.63) is 59.2 Å². The fourth-order valence-corrected chi connectivity index (χ4v) is 3.89. The molecule has 0 aliphatic rings. The quantitative estimate of drug-likeness (QED) is 0.352. The summed E-state index contributed by atoms with van der Waals surface area (Å²) in [6, 6.07) is 7.03. The Labute approximate surface area is 223 Å². The molecule has 13 heteroatoms. The molecule has 210 valence electrons. The van der Waals surface area contributed by atoms with Crippen LogP contribution in [0.15, 0.2) is 36.7 Å². The fourth-order valence-electron chi connectivity index (χ4n) is 3.89. The van der Waals surface area contributed by atoms with Crippen molar-refractivity contribution in [3.8, 4) is 11.5 Å². The smallest absolute Gasteiger partial charge is 0.337 e. The Kier molecular flexibility index (Phi) is 9.25. The molecule has 3 aromatic rings. The Morgan fingerprint density at radius 1 is 1.15 bits per heavy atom. The number of rotatable bonds is 9. The lowest BCUT2D eigenvalue weighted by Gasteiger charge is -2.21. The summed E-state index contributed by atoms with van der Waals surface area (Å²) in [4.78, 5) is 30.6. The van der Waals surface area contributed by atoms with Crippen LogP contribution in [0.5, 0.6) is 0 Å². The molecule has 3 rings (SSSR count). The number of aryl methyl sites for hydroxylation is 1. The maximum absolute atomic E-state index is 14.8. The van der Waals surface area contributed by atoms with Crippen molar-refractivity contribution in [2.24, 2.45) is 0 Å². The number of benzene rings is 1. The fraction of sp³-hybridized carbons (Fsp3) is 0.423. The molecule has 1 unspecified atom stereocenters. The minimum atomic E-state index is -4.37. The van der Waals surface area contributed by atoms with Crippen molar-refractivity contribution in [3.63, 3.8) is 0 Å². The number of hydrogen-bond donors (Lipinski definition) is 2. The average molecular weight is 550 g/mol. The van der Waals surface area contributed by atoms with Crippen LogP contribution >= 0.6 is 0 Å². The van der Waals surface area contributed by atoms with Crippen LogP contribution in [0.4, 0.5) is 28.2 Å². The van der Waals surface area contributed by atoms with Gasteiger partial charge in [0.15, 0.2) is 5.82 Å². The van der Waals surface area contributed by atoms with E-state index in [2.05, 4.69) is 25.8 Å². The van der Waals surface area contributed by atoms with Gasteiger partial charge in [-0.25, -0.2) is 14.2 Å². The molecular formula is C26H31F4N7O2. The first-order valence-corrected chi connectivity index (χ1v) is 12.3. The predicted molar refractivity (Wildman–Crippen MR) is 138 cm³/mol. The first kappa shape index (κ1) is 29.5. The molecule has 0 saturated heterocycles. The number of urea groups is 1. The number of anilines is 1. The van der Waals surface area contributed by atoms with Crippen molar-refractivity contribution in [2.75, 3.05) is 25.5 Å². The maximum Gasteiger partial charge on any atom is 0.390 e. The second kappa shape index (κ2) is 12.2. The third-order valence-electron chi connectivity index (χ3n) is 6.12. The molecule has 2 heterocycles. The zero-order valence-electron chi connectivity index (χ0n) is 22.3. The van der Waals surface area contributed by atoms with Crippen LogP contribution in [-0.2, 0) is 0 Å². The summed E-state index contributed by atoms with van der Waals surface area (Å²) in [6.45, 7) is 6.96. The number of halogens is 4. The molecule has 0 saturated carbocycles. The summed E-state index contributed by atoms with van der Waals surface area (Å²) >= 11 is 0. The lowest BCUT2D eigenvalue weighted by atomic mass is 9.93.